The van der Waals surface area contributed by atoms with Crippen LogP contribution in [0.25, 0.3) is 26.8 Å². The number of benzene rings is 2. The van der Waals surface area contributed by atoms with Gasteiger partial charge in [-0.3, -0.25) is 0 Å². The van der Waals surface area contributed by atoms with Crippen molar-refractivity contribution in [1.82, 2.24) is 4.57 Å². The van der Waals surface area contributed by atoms with Gasteiger partial charge in [0.1, 0.15) is 0 Å². The van der Waals surface area contributed by atoms with Crippen molar-refractivity contribution < 1.29 is 0 Å². The summed E-state index contributed by atoms with van der Waals surface area (Å²) in [7, 11) is 0. The molecular weight excluding hydrogens is 286 g/mol. The van der Waals surface area contributed by atoms with Crippen LogP contribution in [0.2, 0.25) is 0 Å². The Morgan fingerprint density at radius 2 is 1.55 bits per heavy atom. The van der Waals surface area contributed by atoms with Gasteiger partial charge in [-0.2, -0.15) is 0 Å². The predicted molar refractivity (Wildman–Crippen MR) is 97.4 cm³/mol. The van der Waals surface area contributed by atoms with Crippen molar-refractivity contribution in [2.75, 3.05) is 0 Å². The molecule has 0 spiro atoms. The van der Waals surface area contributed by atoms with Gasteiger partial charge in [0.2, 0.25) is 0 Å². The minimum absolute atomic E-state index is 0.189. The molecule has 0 aliphatic heterocycles. The molecular formula is C20H19NS. The van der Waals surface area contributed by atoms with E-state index in [1.807, 2.05) is 11.3 Å². The smallest absolute Gasteiger partial charge is 0.0648 e. The summed E-state index contributed by atoms with van der Waals surface area (Å²) < 4.78 is 3.74. The quantitative estimate of drug-likeness (QED) is 0.398. The van der Waals surface area contributed by atoms with Gasteiger partial charge in [0.25, 0.3) is 0 Å². The lowest BCUT2D eigenvalue weighted by Crippen LogP contribution is -2.10. The second-order valence-electron chi connectivity index (χ2n) is 6.78. The van der Waals surface area contributed by atoms with Crippen LogP contribution in [0.3, 0.4) is 0 Å². The Morgan fingerprint density at radius 1 is 0.818 bits per heavy atom. The summed E-state index contributed by atoms with van der Waals surface area (Å²) in [5, 5.41) is 3.52. The molecule has 0 atom stereocenters. The number of hydrogen-bond donors (Lipinski definition) is 0. The molecule has 0 aliphatic rings. The molecule has 0 aliphatic carbocycles. The lowest BCUT2D eigenvalue weighted by molar-refractivity contribution is 0.590. The molecule has 2 aromatic carbocycles. The fourth-order valence-corrected chi connectivity index (χ4v) is 3.97. The second kappa shape index (κ2) is 4.72. The van der Waals surface area contributed by atoms with E-state index >= 15 is 0 Å². The average molecular weight is 305 g/mol. The molecule has 4 aromatic rings. The molecule has 0 bridgehead atoms. The Morgan fingerprint density at radius 3 is 2.27 bits per heavy atom. The number of aromatic nitrogens is 1. The summed E-state index contributed by atoms with van der Waals surface area (Å²) in [5.74, 6) is 0. The summed E-state index contributed by atoms with van der Waals surface area (Å²) in [4.78, 5) is 0. The molecule has 0 saturated heterocycles. The highest BCUT2D eigenvalue weighted by molar-refractivity contribution is 7.18. The number of para-hydroxylation sites is 1. The van der Waals surface area contributed by atoms with Crippen molar-refractivity contribution in [3.63, 3.8) is 0 Å². The van der Waals surface area contributed by atoms with Crippen LogP contribution in [-0.2, 0) is 5.41 Å². The molecule has 2 aromatic heterocycles. The number of rotatable bonds is 1. The lowest BCUT2D eigenvalue weighted by atomic mass is 9.87. The SMILES string of the molecule is CC(C)(C)c1ccc(-n2c3ccccc3c3sccc32)cc1. The fourth-order valence-electron chi connectivity index (χ4n) is 3.06. The number of hydrogen-bond acceptors (Lipinski definition) is 1. The molecule has 0 N–H and O–H groups in total. The molecule has 0 amide bonds. The fraction of sp³-hybridized carbons (Fsp3) is 0.200. The van der Waals surface area contributed by atoms with Crippen molar-refractivity contribution in [3.05, 3.63) is 65.5 Å². The Balaban J connectivity index is 1.98. The summed E-state index contributed by atoms with van der Waals surface area (Å²) in [6.07, 6.45) is 0. The molecule has 2 heterocycles. The third-order valence-corrected chi connectivity index (χ3v) is 5.20. The van der Waals surface area contributed by atoms with Crippen molar-refractivity contribution in [2.45, 2.75) is 26.2 Å². The summed E-state index contributed by atoms with van der Waals surface area (Å²) in [6.45, 7) is 6.76. The Labute approximate surface area is 134 Å². The first-order chi connectivity index (χ1) is 10.6. The minimum Gasteiger partial charge on any atom is -0.308 e. The van der Waals surface area contributed by atoms with Gasteiger partial charge in [0, 0.05) is 11.1 Å². The van der Waals surface area contributed by atoms with E-state index in [-0.39, 0.29) is 5.41 Å². The van der Waals surface area contributed by atoms with E-state index in [1.54, 1.807) is 0 Å². The first-order valence-corrected chi connectivity index (χ1v) is 8.51. The van der Waals surface area contributed by atoms with Gasteiger partial charge in [-0.15, -0.1) is 11.3 Å². The first kappa shape index (κ1) is 13.6. The highest BCUT2D eigenvalue weighted by atomic mass is 32.1. The Bertz CT molecular complexity index is 949. The van der Waals surface area contributed by atoms with E-state index in [2.05, 4.69) is 85.3 Å². The van der Waals surface area contributed by atoms with Gasteiger partial charge in [-0.1, -0.05) is 51.1 Å². The summed E-state index contributed by atoms with van der Waals surface area (Å²) in [6, 6.07) is 19.9. The van der Waals surface area contributed by atoms with Crippen LogP contribution >= 0.6 is 11.3 Å². The normalized spacial score (nSPS) is 12.3. The Hall–Kier alpha value is -2.06. The van der Waals surface area contributed by atoms with Crippen molar-refractivity contribution >= 4 is 32.5 Å². The van der Waals surface area contributed by atoms with Crippen LogP contribution in [0, 0.1) is 0 Å². The van der Waals surface area contributed by atoms with Gasteiger partial charge < -0.3 is 4.57 Å². The average Bonchev–Trinajstić information content (AvgIpc) is 3.07. The maximum Gasteiger partial charge on any atom is 0.0648 e. The second-order valence-corrected chi connectivity index (χ2v) is 7.70. The zero-order chi connectivity index (χ0) is 15.3. The standard InChI is InChI=1S/C20H19NS/c1-20(2,3)14-8-10-15(11-9-14)21-17-7-5-4-6-16(17)19-18(21)12-13-22-19/h4-13H,1-3H3. The predicted octanol–water partition coefficient (Wildman–Crippen LogP) is 6.14. The monoisotopic (exact) mass is 305 g/mol. The van der Waals surface area contributed by atoms with Crippen LogP contribution in [-0.4, -0.2) is 4.57 Å². The van der Waals surface area contributed by atoms with E-state index in [1.165, 1.54) is 32.4 Å². The molecule has 110 valence electrons. The zero-order valence-corrected chi connectivity index (χ0v) is 13.9. The first-order valence-electron chi connectivity index (χ1n) is 7.63. The third kappa shape index (κ3) is 1.98. The van der Waals surface area contributed by atoms with Gasteiger partial charge in [-0.25, -0.2) is 0 Å². The van der Waals surface area contributed by atoms with Crippen molar-refractivity contribution in [1.29, 1.82) is 0 Å². The molecule has 2 heteroatoms. The van der Waals surface area contributed by atoms with Gasteiger partial charge in [0.05, 0.1) is 15.7 Å². The number of nitrogens with zero attached hydrogens (tertiary/aromatic N) is 1. The van der Waals surface area contributed by atoms with Gasteiger partial charge in [-0.05, 0) is 40.6 Å². The van der Waals surface area contributed by atoms with Crippen molar-refractivity contribution in [3.8, 4) is 5.69 Å². The van der Waals surface area contributed by atoms with E-state index in [4.69, 9.17) is 0 Å². The van der Waals surface area contributed by atoms with Gasteiger partial charge in [0.15, 0.2) is 0 Å². The van der Waals surface area contributed by atoms with Crippen LogP contribution in [0.1, 0.15) is 26.3 Å². The molecule has 1 nitrogen and oxygen atoms in total. The van der Waals surface area contributed by atoms with E-state index < -0.39 is 0 Å². The molecule has 0 fully saturated rings. The Kier molecular flexibility index (Phi) is 2.92. The van der Waals surface area contributed by atoms with E-state index in [0.717, 1.165) is 0 Å². The topological polar surface area (TPSA) is 4.93 Å². The highest BCUT2D eigenvalue weighted by Gasteiger charge is 2.15. The third-order valence-electron chi connectivity index (χ3n) is 4.27. The van der Waals surface area contributed by atoms with Crippen LogP contribution in [0.15, 0.2) is 60.0 Å². The number of thiophene rings is 1. The molecule has 0 saturated carbocycles. The highest BCUT2D eigenvalue weighted by Crippen LogP contribution is 2.35. The summed E-state index contributed by atoms with van der Waals surface area (Å²) >= 11 is 1.82. The van der Waals surface area contributed by atoms with Crippen LogP contribution in [0.5, 0.6) is 0 Å². The lowest BCUT2D eigenvalue weighted by Gasteiger charge is -2.19. The van der Waals surface area contributed by atoms with E-state index in [0.29, 0.717) is 0 Å². The molecule has 0 radical (unpaired) electrons. The molecule has 4 rings (SSSR count). The zero-order valence-electron chi connectivity index (χ0n) is 13.1. The molecule has 0 unspecified atom stereocenters. The summed E-state index contributed by atoms with van der Waals surface area (Å²) in [5.41, 5.74) is 5.38. The largest absolute Gasteiger partial charge is 0.308 e. The van der Waals surface area contributed by atoms with Crippen LogP contribution < -0.4 is 0 Å². The maximum atomic E-state index is 2.37. The van der Waals surface area contributed by atoms with Crippen molar-refractivity contribution in [2.24, 2.45) is 0 Å². The van der Waals surface area contributed by atoms with E-state index in [9.17, 15) is 0 Å². The minimum atomic E-state index is 0.189. The molecule has 22 heavy (non-hydrogen) atoms. The van der Waals surface area contributed by atoms with Crippen LogP contribution in [0.4, 0.5) is 0 Å². The maximum absolute atomic E-state index is 2.37. The van der Waals surface area contributed by atoms with Gasteiger partial charge >= 0.3 is 0 Å². The number of fused-ring (bicyclic) bond motifs is 3.